The molecule has 0 aliphatic carbocycles. The monoisotopic (exact) mass is 369 g/mol. The smallest absolute Gasteiger partial charge is 0.363 e. The molecule has 1 aliphatic rings. The lowest BCUT2D eigenvalue weighted by atomic mass is 10.1. The van der Waals surface area contributed by atoms with Gasteiger partial charge in [-0.05, 0) is 24.6 Å². The van der Waals surface area contributed by atoms with Crippen molar-refractivity contribution in [1.82, 2.24) is 9.88 Å². The second kappa shape index (κ2) is 6.79. The van der Waals surface area contributed by atoms with E-state index < -0.39 is 18.4 Å². The maximum atomic E-state index is 13.0. The molecule has 4 nitrogen and oxygen atoms in total. The lowest BCUT2D eigenvalue weighted by Gasteiger charge is -2.37. The number of hydrogen-bond acceptors (Lipinski definition) is 4. The molecular formula is C17H15ClF3N3O. The molecule has 1 fully saturated rings. The van der Waals surface area contributed by atoms with Crippen LogP contribution in [0.1, 0.15) is 18.2 Å². The molecular weight excluding hydrogens is 355 g/mol. The molecule has 132 valence electrons. The summed E-state index contributed by atoms with van der Waals surface area (Å²) in [6.07, 6.45) is -6.67. The summed E-state index contributed by atoms with van der Waals surface area (Å²) >= 11 is 6.13. The van der Waals surface area contributed by atoms with Gasteiger partial charge in [0, 0.05) is 25.0 Å². The molecule has 25 heavy (non-hydrogen) atoms. The summed E-state index contributed by atoms with van der Waals surface area (Å²) in [5.41, 5.74) is 1.56. The average molecular weight is 370 g/mol. The van der Waals surface area contributed by atoms with Crippen LogP contribution in [0.4, 0.5) is 13.2 Å². The quantitative estimate of drug-likeness (QED) is 0.805. The first-order valence-electron chi connectivity index (χ1n) is 7.70. The first-order valence-corrected chi connectivity index (χ1v) is 8.08. The van der Waals surface area contributed by atoms with E-state index in [-0.39, 0.29) is 12.2 Å². The number of nitriles is 1. The molecule has 2 heterocycles. The van der Waals surface area contributed by atoms with Crippen LogP contribution in [-0.4, -0.2) is 41.4 Å². The van der Waals surface area contributed by atoms with E-state index >= 15 is 0 Å². The van der Waals surface area contributed by atoms with Crippen LogP contribution in [0.25, 0.3) is 10.9 Å². The third-order valence-electron chi connectivity index (χ3n) is 4.05. The van der Waals surface area contributed by atoms with Crippen LogP contribution in [0.3, 0.4) is 0 Å². The number of fused-ring (bicyclic) bond motifs is 1. The zero-order valence-corrected chi connectivity index (χ0v) is 14.1. The third kappa shape index (κ3) is 4.03. The van der Waals surface area contributed by atoms with Gasteiger partial charge in [0.2, 0.25) is 0 Å². The highest BCUT2D eigenvalue weighted by Gasteiger charge is 2.44. The van der Waals surface area contributed by atoms with Crippen molar-refractivity contribution in [3.8, 4) is 6.07 Å². The molecule has 1 saturated heterocycles. The van der Waals surface area contributed by atoms with E-state index in [2.05, 4.69) is 4.98 Å². The number of halogens is 4. The number of hydrogen-bond donors (Lipinski definition) is 0. The Bertz CT molecular complexity index is 834. The molecule has 2 atom stereocenters. The van der Waals surface area contributed by atoms with Gasteiger partial charge in [-0.25, -0.2) is 4.98 Å². The Morgan fingerprint density at radius 2 is 2.12 bits per heavy atom. The van der Waals surface area contributed by atoms with Crippen LogP contribution >= 0.6 is 11.6 Å². The first-order chi connectivity index (χ1) is 11.8. The van der Waals surface area contributed by atoms with E-state index in [0.717, 1.165) is 5.56 Å². The van der Waals surface area contributed by atoms with Crippen molar-refractivity contribution in [1.29, 1.82) is 5.26 Å². The molecule has 1 aromatic heterocycles. The SMILES string of the molecule is CC1CN(Cc2ccc3c(Cl)cc(C#N)nc3c2)CC(C(F)(F)F)O1. The van der Waals surface area contributed by atoms with E-state index in [1.165, 1.54) is 6.07 Å². The molecule has 0 N–H and O–H groups in total. The van der Waals surface area contributed by atoms with Crippen molar-refractivity contribution in [3.05, 3.63) is 40.5 Å². The van der Waals surface area contributed by atoms with Crippen molar-refractivity contribution < 1.29 is 17.9 Å². The van der Waals surface area contributed by atoms with Gasteiger partial charge < -0.3 is 4.74 Å². The molecule has 3 rings (SSSR count). The highest BCUT2D eigenvalue weighted by Crippen LogP contribution is 2.29. The van der Waals surface area contributed by atoms with Crippen LogP contribution in [0.2, 0.25) is 5.02 Å². The molecule has 8 heteroatoms. The number of ether oxygens (including phenoxy) is 1. The van der Waals surface area contributed by atoms with Gasteiger partial charge in [0.25, 0.3) is 0 Å². The summed E-state index contributed by atoms with van der Waals surface area (Å²) < 4.78 is 43.9. The Labute approximate surface area is 147 Å². The average Bonchev–Trinajstić information content (AvgIpc) is 2.53. The Hall–Kier alpha value is -1.88. The van der Waals surface area contributed by atoms with Gasteiger partial charge in [0.1, 0.15) is 11.8 Å². The van der Waals surface area contributed by atoms with Gasteiger partial charge in [-0.15, -0.1) is 0 Å². The Morgan fingerprint density at radius 1 is 1.36 bits per heavy atom. The Morgan fingerprint density at radius 3 is 2.80 bits per heavy atom. The van der Waals surface area contributed by atoms with Crippen LogP contribution in [-0.2, 0) is 11.3 Å². The van der Waals surface area contributed by atoms with Crippen molar-refractivity contribution in [3.63, 3.8) is 0 Å². The molecule has 0 amide bonds. The fourth-order valence-electron chi connectivity index (χ4n) is 2.99. The third-order valence-corrected chi connectivity index (χ3v) is 4.36. The fourth-order valence-corrected chi connectivity index (χ4v) is 3.26. The van der Waals surface area contributed by atoms with Gasteiger partial charge >= 0.3 is 6.18 Å². The Balaban J connectivity index is 1.84. The molecule has 2 aromatic rings. The molecule has 0 spiro atoms. The maximum Gasteiger partial charge on any atom is 0.415 e. The molecule has 1 aliphatic heterocycles. The minimum absolute atomic E-state index is 0.201. The second-order valence-corrected chi connectivity index (χ2v) is 6.53. The van der Waals surface area contributed by atoms with Gasteiger partial charge in [-0.1, -0.05) is 23.7 Å². The highest BCUT2D eigenvalue weighted by atomic mass is 35.5. The summed E-state index contributed by atoms with van der Waals surface area (Å²) in [7, 11) is 0. The number of rotatable bonds is 2. The summed E-state index contributed by atoms with van der Waals surface area (Å²) in [6.45, 7) is 2.17. The number of morpholine rings is 1. The largest absolute Gasteiger partial charge is 0.415 e. The predicted molar refractivity (Wildman–Crippen MR) is 87.1 cm³/mol. The summed E-state index contributed by atoms with van der Waals surface area (Å²) in [4.78, 5) is 5.92. The number of alkyl halides is 3. The van der Waals surface area contributed by atoms with Crippen molar-refractivity contribution in [2.45, 2.75) is 31.9 Å². The van der Waals surface area contributed by atoms with Crippen LogP contribution < -0.4 is 0 Å². The van der Waals surface area contributed by atoms with Crippen LogP contribution in [0, 0.1) is 11.3 Å². The summed E-state index contributed by atoms with van der Waals surface area (Å²) in [5, 5.41) is 10.1. The first kappa shape index (κ1) is 17.9. The molecule has 0 saturated carbocycles. The normalized spacial score (nSPS) is 22.1. The van der Waals surface area contributed by atoms with Gasteiger partial charge in [-0.2, -0.15) is 18.4 Å². The summed E-state index contributed by atoms with van der Waals surface area (Å²) in [5.74, 6) is 0. The van der Waals surface area contributed by atoms with Crippen molar-refractivity contribution >= 4 is 22.5 Å². The van der Waals surface area contributed by atoms with Gasteiger partial charge in [0.05, 0.1) is 16.6 Å². The van der Waals surface area contributed by atoms with Crippen LogP contribution in [0.5, 0.6) is 0 Å². The van der Waals surface area contributed by atoms with Gasteiger partial charge in [0.15, 0.2) is 6.10 Å². The van der Waals surface area contributed by atoms with E-state index in [0.29, 0.717) is 29.0 Å². The van der Waals surface area contributed by atoms with E-state index in [1.54, 1.807) is 24.0 Å². The fraction of sp³-hybridized carbons (Fsp3) is 0.412. The van der Waals surface area contributed by atoms with Crippen molar-refractivity contribution in [2.75, 3.05) is 13.1 Å². The van der Waals surface area contributed by atoms with E-state index in [1.807, 2.05) is 12.1 Å². The number of pyridine rings is 1. The maximum absolute atomic E-state index is 13.0. The summed E-state index contributed by atoms with van der Waals surface area (Å²) in [6, 6.07) is 8.76. The van der Waals surface area contributed by atoms with E-state index in [4.69, 9.17) is 21.6 Å². The second-order valence-electron chi connectivity index (χ2n) is 6.12. The topological polar surface area (TPSA) is 49.2 Å². The zero-order chi connectivity index (χ0) is 18.2. The molecule has 2 unspecified atom stereocenters. The van der Waals surface area contributed by atoms with E-state index in [9.17, 15) is 13.2 Å². The zero-order valence-electron chi connectivity index (χ0n) is 13.3. The minimum Gasteiger partial charge on any atom is -0.363 e. The number of nitrogens with zero attached hydrogens (tertiary/aromatic N) is 3. The minimum atomic E-state index is -4.38. The molecule has 1 aromatic carbocycles. The lowest BCUT2D eigenvalue weighted by molar-refractivity contribution is -0.252. The molecule has 0 bridgehead atoms. The number of benzene rings is 1. The van der Waals surface area contributed by atoms with Gasteiger partial charge in [-0.3, -0.25) is 4.90 Å². The van der Waals surface area contributed by atoms with Crippen LogP contribution in [0.15, 0.2) is 24.3 Å². The standard InChI is InChI=1S/C17H15ClF3N3O/c1-10-7-24(9-16(25-10)17(19,20)21)8-11-2-3-13-14(18)5-12(6-22)23-15(13)4-11/h2-5,10,16H,7-9H2,1H3. The highest BCUT2D eigenvalue weighted by molar-refractivity contribution is 6.35. The molecule has 0 radical (unpaired) electrons. The lowest BCUT2D eigenvalue weighted by Crippen LogP contribution is -2.51. The predicted octanol–water partition coefficient (Wildman–Crippen LogP) is 3.91. The number of aromatic nitrogens is 1. The van der Waals surface area contributed by atoms with Crippen molar-refractivity contribution in [2.24, 2.45) is 0 Å². The Kier molecular flexibility index (Phi) is 4.87.